The van der Waals surface area contributed by atoms with Crippen LogP contribution in [0.15, 0.2) is 54.7 Å². The number of hydrogen-bond donors (Lipinski definition) is 2. The molecule has 4 rings (SSSR count). The van der Waals surface area contributed by atoms with Gasteiger partial charge in [0.15, 0.2) is 11.5 Å². The summed E-state index contributed by atoms with van der Waals surface area (Å²) >= 11 is 0. The molecule has 0 bridgehead atoms. The predicted octanol–water partition coefficient (Wildman–Crippen LogP) is 2.08. The highest BCUT2D eigenvalue weighted by atomic mass is 16.6. The summed E-state index contributed by atoms with van der Waals surface area (Å²) in [4.78, 5) is 28.9. The Morgan fingerprint density at radius 1 is 0.885 bits per heavy atom. The van der Waals surface area contributed by atoms with Gasteiger partial charge in [0.2, 0.25) is 0 Å². The van der Waals surface area contributed by atoms with Crippen molar-refractivity contribution in [1.29, 1.82) is 0 Å². The van der Waals surface area contributed by atoms with Gasteiger partial charge in [-0.1, -0.05) is 12.1 Å². The molecule has 2 amide bonds. The number of benzene rings is 2. The largest absolute Gasteiger partial charge is 0.486 e. The van der Waals surface area contributed by atoms with Crippen LogP contribution in [-0.2, 0) is 0 Å². The predicted molar refractivity (Wildman–Crippen MR) is 94.1 cm³/mol. The third-order valence-corrected chi connectivity index (χ3v) is 3.98. The van der Waals surface area contributed by atoms with Crippen LogP contribution in [0.2, 0.25) is 0 Å². The van der Waals surface area contributed by atoms with Gasteiger partial charge in [-0.05, 0) is 36.4 Å². The second-order valence-corrected chi connectivity index (χ2v) is 5.64. The number of fused-ring (bicyclic) bond motifs is 2. The first-order valence-electron chi connectivity index (χ1n) is 8.06. The fraction of sp³-hybridized carbons (Fsp3) is 0.105. The molecular weight excluding hydrogens is 334 g/mol. The van der Waals surface area contributed by atoms with Crippen molar-refractivity contribution < 1.29 is 19.1 Å². The number of nitrogens with one attached hydrogen (secondary N) is 2. The van der Waals surface area contributed by atoms with Gasteiger partial charge in [-0.3, -0.25) is 25.4 Å². The van der Waals surface area contributed by atoms with E-state index in [1.807, 2.05) is 6.07 Å². The third-order valence-electron chi connectivity index (χ3n) is 3.98. The van der Waals surface area contributed by atoms with Crippen LogP contribution in [0.1, 0.15) is 20.7 Å². The van der Waals surface area contributed by atoms with Crippen LogP contribution in [0, 0.1) is 0 Å². The van der Waals surface area contributed by atoms with E-state index in [2.05, 4.69) is 15.8 Å². The van der Waals surface area contributed by atoms with Crippen molar-refractivity contribution in [1.82, 2.24) is 15.8 Å². The summed E-state index contributed by atoms with van der Waals surface area (Å²) in [5, 5.41) is 0.709. The van der Waals surface area contributed by atoms with Gasteiger partial charge < -0.3 is 9.47 Å². The number of carbonyl (C=O) groups is 2. The monoisotopic (exact) mass is 349 g/mol. The third kappa shape index (κ3) is 3.02. The number of pyridine rings is 1. The van der Waals surface area contributed by atoms with E-state index in [0.717, 1.165) is 0 Å². The topological polar surface area (TPSA) is 89.6 Å². The van der Waals surface area contributed by atoms with Gasteiger partial charge in [-0.2, -0.15) is 0 Å². The second kappa shape index (κ2) is 6.72. The van der Waals surface area contributed by atoms with Crippen molar-refractivity contribution >= 4 is 22.7 Å². The lowest BCUT2D eigenvalue weighted by Crippen LogP contribution is -2.41. The smallest absolute Gasteiger partial charge is 0.270 e. The number of amides is 2. The van der Waals surface area contributed by atoms with E-state index >= 15 is 0 Å². The Bertz CT molecular complexity index is 998. The second-order valence-electron chi connectivity index (χ2n) is 5.64. The number of ether oxygens (including phenoxy) is 2. The summed E-state index contributed by atoms with van der Waals surface area (Å²) in [7, 11) is 0. The maximum absolute atomic E-state index is 12.4. The van der Waals surface area contributed by atoms with E-state index in [1.165, 1.54) is 0 Å². The highest BCUT2D eigenvalue weighted by Gasteiger charge is 2.16. The van der Waals surface area contributed by atoms with Gasteiger partial charge in [-0.25, -0.2) is 0 Å². The van der Waals surface area contributed by atoms with Crippen molar-refractivity contribution in [2.45, 2.75) is 0 Å². The van der Waals surface area contributed by atoms with E-state index in [0.29, 0.717) is 46.7 Å². The van der Waals surface area contributed by atoms with Crippen LogP contribution in [0.4, 0.5) is 0 Å². The van der Waals surface area contributed by atoms with Gasteiger partial charge in [0.25, 0.3) is 11.8 Å². The Morgan fingerprint density at radius 2 is 1.69 bits per heavy atom. The molecule has 1 aliphatic heterocycles. The molecule has 0 aliphatic carbocycles. The van der Waals surface area contributed by atoms with Crippen LogP contribution in [0.5, 0.6) is 11.5 Å². The molecule has 2 aromatic carbocycles. The lowest BCUT2D eigenvalue weighted by Gasteiger charge is -2.18. The Labute approximate surface area is 148 Å². The molecule has 1 aromatic heterocycles. The standard InChI is InChI=1S/C19H15N3O4/c23-18(12-6-7-16-17(11-12)26-10-9-25-16)21-22-19(24)14-3-1-5-15-13(14)4-2-8-20-15/h1-8,11H,9-10H2,(H,21,23)(H,22,24). The highest BCUT2D eigenvalue weighted by Crippen LogP contribution is 2.30. The van der Waals surface area contributed by atoms with Crippen LogP contribution in [0.25, 0.3) is 10.9 Å². The maximum atomic E-state index is 12.4. The lowest BCUT2D eigenvalue weighted by molar-refractivity contribution is 0.0847. The Morgan fingerprint density at radius 3 is 2.58 bits per heavy atom. The minimum Gasteiger partial charge on any atom is -0.486 e. The zero-order chi connectivity index (χ0) is 17.9. The zero-order valence-corrected chi connectivity index (χ0v) is 13.7. The average Bonchev–Trinajstić information content (AvgIpc) is 2.71. The average molecular weight is 349 g/mol. The first-order chi connectivity index (χ1) is 12.7. The van der Waals surface area contributed by atoms with E-state index < -0.39 is 11.8 Å². The van der Waals surface area contributed by atoms with Crippen molar-refractivity contribution in [2.24, 2.45) is 0 Å². The number of carbonyl (C=O) groups excluding carboxylic acids is 2. The van der Waals surface area contributed by atoms with E-state index in [-0.39, 0.29) is 0 Å². The van der Waals surface area contributed by atoms with Gasteiger partial charge in [0.05, 0.1) is 11.1 Å². The minimum atomic E-state index is -0.450. The minimum absolute atomic E-state index is 0.356. The molecule has 0 unspecified atom stereocenters. The maximum Gasteiger partial charge on any atom is 0.270 e. The summed E-state index contributed by atoms with van der Waals surface area (Å²) in [6.07, 6.45) is 1.66. The van der Waals surface area contributed by atoms with Crippen molar-refractivity contribution in [2.75, 3.05) is 13.2 Å². The molecule has 130 valence electrons. The molecule has 7 heteroatoms. The van der Waals surface area contributed by atoms with Gasteiger partial charge in [-0.15, -0.1) is 0 Å². The molecule has 0 radical (unpaired) electrons. The zero-order valence-electron chi connectivity index (χ0n) is 13.7. The summed E-state index contributed by atoms with van der Waals surface area (Å²) in [5.74, 6) is 0.235. The first-order valence-corrected chi connectivity index (χ1v) is 8.06. The Kier molecular flexibility index (Phi) is 4.10. The van der Waals surface area contributed by atoms with Crippen LogP contribution in [-0.4, -0.2) is 30.0 Å². The Hall–Kier alpha value is -3.61. The lowest BCUT2D eigenvalue weighted by atomic mass is 10.1. The van der Waals surface area contributed by atoms with Crippen molar-refractivity contribution in [3.05, 3.63) is 65.9 Å². The SMILES string of the molecule is O=C(NNC(=O)c1cccc2ncccc12)c1ccc2c(c1)OCCO2. The van der Waals surface area contributed by atoms with E-state index in [1.54, 1.807) is 48.7 Å². The van der Waals surface area contributed by atoms with Crippen molar-refractivity contribution in [3.63, 3.8) is 0 Å². The number of aromatic nitrogens is 1. The highest BCUT2D eigenvalue weighted by molar-refractivity contribution is 6.07. The van der Waals surface area contributed by atoms with E-state index in [4.69, 9.17) is 9.47 Å². The Balaban J connectivity index is 1.48. The molecule has 7 nitrogen and oxygen atoms in total. The summed E-state index contributed by atoms with van der Waals surface area (Å²) in [6, 6.07) is 13.7. The van der Waals surface area contributed by atoms with Gasteiger partial charge in [0.1, 0.15) is 13.2 Å². The van der Waals surface area contributed by atoms with Crippen LogP contribution >= 0.6 is 0 Å². The fourth-order valence-corrected chi connectivity index (χ4v) is 2.74. The molecule has 0 atom stereocenters. The number of hydrogen-bond acceptors (Lipinski definition) is 5. The molecule has 0 saturated carbocycles. The summed E-state index contributed by atoms with van der Waals surface area (Å²) in [5.41, 5.74) is 6.34. The molecule has 2 N–H and O–H groups in total. The van der Waals surface area contributed by atoms with Crippen molar-refractivity contribution in [3.8, 4) is 11.5 Å². The fourth-order valence-electron chi connectivity index (χ4n) is 2.74. The molecule has 0 spiro atoms. The molecular formula is C19H15N3O4. The quantitative estimate of drug-likeness (QED) is 0.692. The molecule has 0 fully saturated rings. The normalized spacial score (nSPS) is 12.5. The summed E-state index contributed by atoms with van der Waals surface area (Å²) in [6.45, 7) is 0.915. The number of rotatable bonds is 2. The van der Waals surface area contributed by atoms with Gasteiger partial charge >= 0.3 is 0 Å². The first kappa shape index (κ1) is 15.9. The van der Waals surface area contributed by atoms with E-state index in [9.17, 15) is 9.59 Å². The number of hydrazine groups is 1. The molecule has 0 saturated heterocycles. The molecule has 2 heterocycles. The van der Waals surface area contributed by atoms with Gasteiger partial charge in [0, 0.05) is 17.1 Å². The summed E-state index contributed by atoms with van der Waals surface area (Å²) < 4.78 is 10.9. The molecule has 26 heavy (non-hydrogen) atoms. The number of nitrogens with zero attached hydrogens (tertiary/aromatic N) is 1. The van der Waals surface area contributed by atoms with Crippen LogP contribution < -0.4 is 20.3 Å². The van der Waals surface area contributed by atoms with Crippen LogP contribution in [0.3, 0.4) is 0 Å². The molecule has 1 aliphatic rings. The molecule has 3 aromatic rings.